The van der Waals surface area contributed by atoms with Gasteiger partial charge >= 0.3 is 0 Å². The molecule has 1 N–H and O–H groups in total. The zero-order valence-corrected chi connectivity index (χ0v) is 11.4. The van der Waals surface area contributed by atoms with Gasteiger partial charge in [0.25, 0.3) is 0 Å². The van der Waals surface area contributed by atoms with Crippen LogP contribution in [-0.2, 0) is 11.2 Å². The highest BCUT2D eigenvalue weighted by atomic mass is 16.5. The van der Waals surface area contributed by atoms with Crippen LogP contribution in [0.3, 0.4) is 0 Å². The standard InChI is InChI=1S/C16H15NO3/c1-19-12-5-6-13(15(9-12)20-2)10-3-4-11-8-16(18)17-14(11)7-10/h3-7,9H,8H2,1-2H3,(H,17,18). The third-order valence-corrected chi connectivity index (χ3v) is 3.45. The topological polar surface area (TPSA) is 47.6 Å². The van der Waals surface area contributed by atoms with Gasteiger partial charge in [0.05, 0.1) is 20.6 Å². The third kappa shape index (κ3) is 2.09. The Labute approximate surface area is 117 Å². The molecule has 1 heterocycles. The van der Waals surface area contributed by atoms with Crippen LogP contribution in [0.1, 0.15) is 5.56 Å². The molecule has 0 aliphatic carbocycles. The predicted octanol–water partition coefficient (Wildman–Crippen LogP) is 2.87. The minimum atomic E-state index is 0.0406. The first-order chi connectivity index (χ1) is 9.71. The van der Waals surface area contributed by atoms with Gasteiger partial charge in [-0.2, -0.15) is 0 Å². The first kappa shape index (κ1) is 12.5. The van der Waals surface area contributed by atoms with Crippen molar-refractivity contribution in [1.82, 2.24) is 0 Å². The quantitative estimate of drug-likeness (QED) is 0.932. The Kier molecular flexibility index (Phi) is 3.06. The number of ether oxygens (including phenoxy) is 2. The van der Waals surface area contributed by atoms with Gasteiger partial charge in [-0.05, 0) is 29.3 Å². The molecule has 0 unspecified atom stereocenters. The number of nitrogens with one attached hydrogen (secondary N) is 1. The maximum atomic E-state index is 11.4. The van der Waals surface area contributed by atoms with Gasteiger partial charge in [0.1, 0.15) is 11.5 Å². The molecule has 0 fully saturated rings. The number of anilines is 1. The molecule has 1 aliphatic rings. The molecule has 0 atom stereocenters. The van der Waals surface area contributed by atoms with Crippen LogP contribution in [0.5, 0.6) is 11.5 Å². The van der Waals surface area contributed by atoms with Crippen molar-refractivity contribution in [2.75, 3.05) is 19.5 Å². The number of fused-ring (bicyclic) bond motifs is 1. The molecule has 0 saturated heterocycles. The summed E-state index contributed by atoms with van der Waals surface area (Å²) in [5.74, 6) is 1.53. The van der Waals surface area contributed by atoms with E-state index in [0.29, 0.717) is 6.42 Å². The lowest BCUT2D eigenvalue weighted by Gasteiger charge is -2.11. The highest BCUT2D eigenvalue weighted by molar-refractivity contribution is 6.00. The molecule has 1 amide bonds. The van der Waals surface area contributed by atoms with Crippen molar-refractivity contribution in [3.05, 3.63) is 42.0 Å². The summed E-state index contributed by atoms with van der Waals surface area (Å²) in [4.78, 5) is 11.4. The third-order valence-electron chi connectivity index (χ3n) is 3.45. The number of hydrogen-bond donors (Lipinski definition) is 1. The molecule has 1 aliphatic heterocycles. The smallest absolute Gasteiger partial charge is 0.228 e. The number of benzene rings is 2. The van der Waals surface area contributed by atoms with E-state index in [-0.39, 0.29) is 5.91 Å². The fourth-order valence-electron chi connectivity index (χ4n) is 2.42. The number of methoxy groups -OCH3 is 2. The van der Waals surface area contributed by atoms with E-state index in [1.54, 1.807) is 14.2 Å². The minimum Gasteiger partial charge on any atom is -0.497 e. The van der Waals surface area contributed by atoms with E-state index >= 15 is 0 Å². The monoisotopic (exact) mass is 269 g/mol. The van der Waals surface area contributed by atoms with E-state index in [2.05, 4.69) is 5.32 Å². The van der Waals surface area contributed by atoms with Crippen LogP contribution in [0.15, 0.2) is 36.4 Å². The first-order valence-corrected chi connectivity index (χ1v) is 6.36. The largest absolute Gasteiger partial charge is 0.497 e. The average molecular weight is 269 g/mol. The molecule has 4 heteroatoms. The zero-order chi connectivity index (χ0) is 14.1. The van der Waals surface area contributed by atoms with Gasteiger partial charge in [-0.1, -0.05) is 12.1 Å². The SMILES string of the molecule is COc1ccc(-c2ccc3c(c2)NC(=O)C3)c(OC)c1. The molecule has 102 valence electrons. The van der Waals surface area contributed by atoms with Gasteiger partial charge in [0.2, 0.25) is 5.91 Å². The molecule has 2 aromatic rings. The molecule has 0 spiro atoms. The van der Waals surface area contributed by atoms with Gasteiger partial charge < -0.3 is 14.8 Å². The van der Waals surface area contributed by atoms with E-state index in [4.69, 9.17) is 9.47 Å². The Balaban J connectivity index is 2.05. The van der Waals surface area contributed by atoms with Gasteiger partial charge in [-0.15, -0.1) is 0 Å². The van der Waals surface area contributed by atoms with Crippen molar-refractivity contribution in [1.29, 1.82) is 0 Å². The second kappa shape index (κ2) is 4.89. The van der Waals surface area contributed by atoms with Crippen molar-refractivity contribution in [2.24, 2.45) is 0 Å². The van der Waals surface area contributed by atoms with Crippen LogP contribution in [0, 0.1) is 0 Å². The maximum absolute atomic E-state index is 11.4. The Morgan fingerprint density at radius 3 is 2.65 bits per heavy atom. The first-order valence-electron chi connectivity index (χ1n) is 6.36. The summed E-state index contributed by atoms with van der Waals surface area (Å²) in [5.41, 5.74) is 3.89. The fourth-order valence-corrected chi connectivity index (χ4v) is 2.42. The van der Waals surface area contributed by atoms with Crippen LogP contribution in [0.25, 0.3) is 11.1 Å². The van der Waals surface area contributed by atoms with Crippen LogP contribution in [0.2, 0.25) is 0 Å². The lowest BCUT2D eigenvalue weighted by Crippen LogP contribution is -2.03. The van der Waals surface area contributed by atoms with Crippen molar-refractivity contribution in [3.63, 3.8) is 0 Å². The van der Waals surface area contributed by atoms with Crippen molar-refractivity contribution in [3.8, 4) is 22.6 Å². The summed E-state index contributed by atoms with van der Waals surface area (Å²) in [6.45, 7) is 0. The molecule has 2 aromatic carbocycles. The van der Waals surface area contributed by atoms with Gasteiger partial charge in [0.15, 0.2) is 0 Å². The van der Waals surface area contributed by atoms with E-state index in [9.17, 15) is 4.79 Å². The molecule has 0 saturated carbocycles. The van der Waals surface area contributed by atoms with Crippen LogP contribution in [0.4, 0.5) is 5.69 Å². The lowest BCUT2D eigenvalue weighted by atomic mass is 10.0. The molecule has 0 aromatic heterocycles. The Hall–Kier alpha value is -2.49. The molecule has 0 bridgehead atoms. The second-order valence-corrected chi connectivity index (χ2v) is 4.66. The number of rotatable bonds is 3. The molecule has 0 radical (unpaired) electrons. The van der Waals surface area contributed by atoms with Crippen molar-refractivity contribution in [2.45, 2.75) is 6.42 Å². The van der Waals surface area contributed by atoms with E-state index in [1.165, 1.54) is 0 Å². The fraction of sp³-hybridized carbons (Fsp3) is 0.188. The number of amides is 1. The van der Waals surface area contributed by atoms with Crippen molar-refractivity contribution < 1.29 is 14.3 Å². The van der Waals surface area contributed by atoms with Gasteiger partial charge in [-0.25, -0.2) is 0 Å². The second-order valence-electron chi connectivity index (χ2n) is 4.66. The number of carbonyl (C=O) groups is 1. The summed E-state index contributed by atoms with van der Waals surface area (Å²) in [7, 11) is 3.26. The Morgan fingerprint density at radius 2 is 1.90 bits per heavy atom. The highest BCUT2D eigenvalue weighted by Crippen LogP contribution is 2.36. The summed E-state index contributed by atoms with van der Waals surface area (Å²) in [6.07, 6.45) is 0.454. The molecular weight excluding hydrogens is 254 g/mol. The lowest BCUT2D eigenvalue weighted by molar-refractivity contribution is -0.115. The summed E-state index contributed by atoms with van der Waals surface area (Å²) < 4.78 is 10.6. The normalized spacial score (nSPS) is 12.8. The molecular formula is C16H15NO3. The molecule has 4 nitrogen and oxygen atoms in total. The van der Waals surface area contributed by atoms with E-state index in [0.717, 1.165) is 33.9 Å². The predicted molar refractivity (Wildman–Crippen MR) is 77.3 cm³/mol. The summed E-state index contributed by atoms with van der Waals surface area (Å²) in [6, 6.07) is 11.7. The number of carbonyl (C=O) groups excluding carboxylic acids is 1. The van der Waals surface area contributed by atoms with Crippen molar-refractivity contribution >= 4 is 11.6 Å². The maximum Gasteiger partial charge on any atom is 0.228 e. The number of hydrogen-bond acceptors (Lipinski definition) is 3. The van der Waals surface area contributed by atoms with Crippen LogP contribution < -0.4 is 14.8 Å². The zero-order valence-electron chi connectivity index (χ0n) is 11.4. The molecule has 3 rings (SSSR count). The highest BCUT2D eigenvalue weighted by Gasteiger charge is 2.18. The van der Waals surface area contributed by atoms with Gasteiger partial charge in [0, 0.05) is 17.3 Å². The Bertz CT molecular complexity index is 679. The minimum absolute atomic E-state index is 0.0406. The van der Waals surface area contributed by atoms with Crippen LogP contribution in [-0.4, -0.2) is 20.1 Å². The van der Waals surface area contributed by atoms with E-state index in [1.807, 2.05) is 36.4 Å². The Morgan fingerprint density at radius 1 is 1.05 bits per heavy atom. The summed E-state index contributed by atoms with van der Waals surface area (Å²) in [5, 5.41) is 2.86. The van der Waals surface area contributed by atoms with Crippen LogP contribution >= 0.6 is 0 Å². The van der Waals surface area contributed by atoms with E-state index < -0.39 is 0 Å². The molecule has 20 heavy (non-hydrogen) atoms. The van der Waals surface area contributed by atoms with Gasteiger partial charge in [-0.3, -0.25) is 4.79 Å². The summed E-state index contributed by atoms with van der Waals surface area (Å²) >= 11 is 0. The average Bonchev–Trinajstić information content (AvgIpc) is 2.85.